The molecule has 6 nitrogen and oxygen atoms in total. The highest BCUT2D eigenvalue weighted by Crippen LogP contribution is 2.21. The zero-order valence-electron chi connectivity index (χ0n) is 17.7. The van der Waals surface area contributed by atoms with Crippen LogP contribution in [0, 0.1) is 0 Å². The average Bonchev–Trinajstić information content (AvgIpc) is 3.22. The van der Waals surface area contributed by atoms with E-state index < -0.39 is 0 Å². The molecule has 1 amide bonds. The van der Waals surface area contributed by atoms with Gasteiger partial charge in [0.25, 0.3) is 0 Å². The molecule has 1 aromatic heterocycles. The zero-order valence-corrected chi connectivity index (χ0v) is 20.0. The van der Waals surface area contributed by atoms with E-state index in [1.165, 1.54) is 5.56 Å². The summed E-state index contributed by atoms with van der Waals surface area (Å²) in [6.07, 6.45) is 3.43. The van der Waals surface area contributed by atoms with Gasteiger partial charge in [-0.05, 0) is 48.7 Å². The van der Waals surface area contributed by atoms with Crippen molar-refractivity contribution in [2.45, 2.75) is 32.9 Å². The third kappa shape index (κ3) is 5.72. The molecule has 1 saturated heterocycles. The normalized spacial score (nSPS) is 13.9. The number of anilines is 1. The van der Waals surface area contributed by atoms with Gasteiger partial charge >= 0.3 is 0 Å². The van der Waals surface area contributed by atoms with E-state index in [2.05, 4.69) is 28.6 Å². The number of aliphatic imine (C=N–C) groups is 1. The molecule has 162 valence electrons. The maximum absolute atomic E-state index is 11.9. The van der Waals surface area contributed by atoms with Crippen LogP contribution in [0.1, 0.15) is 30.9 Å². The SMILES string of the molecule is CCNC(=NCc1ccc(N2CCCC2=O)cc1)NCc1ccnc2ccccc12.I. The maximum Gasteiger partial charge on any atom is 0.227 e. The molecular formula is C24H28IN5O. The van der Waals surface area contributed by atoms with Crippen LogP contribution in [0.2, 0.25) is 0 Å². The van der Waals surface area contributed by atoms with Gasteiger partial charge in [-0.2, -0.15) is 0 Å². The number of rotatable bonds is 6. The lowest BCUT2D eigenvalue weighted by molar-refractivity contribution is -0.117. The first-order chi connectivity index (χ1) is 14.7. The van der Waals surface area contributed by atoms with E-state index in [-0.39, 0.29) is 29.9 Å². The highest BCUT2D eigenvalue weighted by molar-refractivity contribution is 14.0. The summed E-state index contributed by atoms with van der Waals surface area (Å²) in [5, 5.41) is 7.87. The van der Waals surface area contributed by atoms with E-state index >= 15 is 0 Å². The first kappa shape index (κ1) is 23.0. The number of benzene rings is 2. The monoisotopic (exact) mass is 529 g/mol. The molecule has 0 atom stereocenters. The summed E-state index contributed by atoms with van der Waals surface area (Å²) in [4.78, 5) is 22.9. The number of pyridine rings is 1. The van der Waals surface area contributed by atoms with Crippen molar-refractivity contribution in [3.63, 3.8) is 0 Å². The Morgan fingerprint density at radius 3 is 2.65 bits per heavy atom. The molecule has 7 heteroatoms. The largest absolute Gasteiger partial charge is 0.357 e. The summed E-state index contributed by atoms with van der Waals surface area (Å²) < 4.78 is 0. The molecule has 3 aromatic rings. The summed E-state index contributed by atoms with van der Waals surface area (Å²) in [6.45, 7) is 4.90. The van der Waals surface area contributed by atoms with Gasteiger partial charge in [0.05, 0.1) is 12.1 Å². The Morgan fingerprint density at radius 1 is 1.10 bits per heavy atom. The number of amides is 1. The van der Waals surface area contributed by atoms with Gasteiger partial charge in [0, 0.05) is 43.3 Å². The number of para-hydroxylation sites is 1. The summed E-state index contributed by atoms with van der Waals surface area (Å²) >= 11 is 0. The van der Waals surface area contributed by atoms with E-state index in [1.807, 2.05) is 59.6 Å². The lowest BCUT2D eigenvalue weighted by atomic mass is 10.1. The van der Waals surface area contributed by atoms with Gasteiger partial charge in [0.1, 0.15) is 0 Å². The Hall–Kier alpha value is -2.68. The standard InChI is InChI=1S/C24H27N5O.HI/c1-2-25-24(28-17-19-13-14-26-22-7-4-3-6-21(19)22)27-16-18-9-11-20(12-10-18)29-15-5-8-23(29)30;/h3-4,6-7,9-14H,2,5,8,15-17H2,1H3,(H2,25,27,28);1H. The van der Waals surface area contributed by atoms with Gasteiger partial charge in [0.2, 0.25) is 5.91 Å². The van der Waals surface area contributed by atoms with Crippen molar-refractivity contribution >= 4 is 52.4 Å². The summed E-state index contributed by atoms with van der Waals surface area (Å²) in [5.74, 6) is 0.986. The molecule has 2 heterocycles. The van der Waals surface area contributed by atoms with E-state index in [0.29, 0.717) is 19.5 Å². The van der Waals surface area contributed by atoms with Gasteiger partial charge in [-0.15, -0.1) is 24.0 Å². The minimum atomic E-state index is 0. The van der Waals surface area contributed by atoms with Crippen LogP contribution >= 0.6 is 24.0 Å². The lowest BCUT2D eigenvalue weighted by Gasteiger charge is -2.16. The molecule has 1 aliphatic heterocycles. The molecule has 31 heavy (non-hydrogen) atoms. The van der Waals surface area contributed by atoms with Crippen LogP contribution < -0.4 is 15.5 Å². The Labute approximate surface area is 200 Å². The van der Waals surface area contributed by atoms with Crippen LogP contribution in [0.4, 0.5) is 5.69 Å². The fourth-order valence-electron chi connectivity index (χ4n) is 3.70. The fourth-order valence-corrected chi connectivity index (χ4v) is 3.70. The highest BCUT2D eigenvalue weighted by atomic mass is 127. The molecular weight excluding hydrogens is 501 g/mol. The number of hydrogen-bond acceptors (Lipinski definition) is 3. The van der Waals surface area contributed by atoms with Crippen molar-refractivity contribution in [2.75, 3.05) is 18.0 Å². The molecule has 1 aliphatic rings. The van der Waals surface area contributed by atoms with Crippen LogP contribution in [0.5, 0.6) is 0 Å². The third-order valence-corrected chi connectivity index (χ3v) is 5.27. The van der Waals surface area contributed by atoms with Crippen LogP contribution in [0.25, 0.3) is 10.9 Å². The predicted octanol–water partition coefficient (Wildman–Crippen LogP) is 4.23. The van der Waals surface area contributed by atoms with Crippen LogP contribution in [0.3, 0.4) is 0 Å². The molecule has 0 unspecified atom stereocenters. The zero-order chi connectivity index (χ0) is 20.8. The Kier molecular flexibility index (Phi) is 8.22. The van der Waals surface area contributed by atoms with Crippen molar-refractivity contribution in [1.82, 2.24) is 15.6 Å². The maximum atomic E-state index is 11.9. The fraction of sp³-hybridized carbons (Fsp3) is 0.292. The quantitative estimate of drug-likeness (QED) is 0.285. The van der Waals surface area contributed by atoms with E-state index in [4.69, 9.17) is 4.99 Å². The second-order valence-electron chi connectivity index (χ2n) is 7.35. The van der Waals surface area contributed by atoms with Gasteiger partial charge in [-0.3, -0.25) is 9.78 Å². The molecule has 2 aromatic carbocycles. The number of guanidine groups is 1. The van der Waals surface area contributed by atoms with Crippen molar-refractivity contribution in [3.8, 4) is 0 Å². The topological polar surface area (TPSA) is 69.6 Å². The number of nitrogens with zero attached hydrogens (tertiary/aromatic N) is 3. The second kappa shape index (κ2) is 11.1. The van der Waals surface area contributed by atoms with E-state index in [9.17, 15) is 4.79 Å². The third-order valence-electron chi connectivity index (χ3n) is 5.27. The van der Waals surface area contributed by atoms with Crippen molar-refractivity contribution in [2.24, 2.45) is 4.99 Å². The molecule has 0 radical (unpaired) electrons. The number of halogens is 1. The van der Waals surface area contributed by atoms with Crippen molar-refractivity contribution in [1.29, 1.82) is 0 Å². The first-order valence-electron chi connectivity index (χ1n) is 10.5. The number of aromatic nitrogens is 1. The molecule has 0 bridgehead atoms. The number of carbonyl (C=O) groups excluding carboxylic acids is 1. The Balaban J connectivity index is 0.00000272. The van der Waals surface area contributed by atoms with E-state index in [1.54, 1.807) is 0 Å². The highest BCUT2D eigenvalue weighted by Gasteiger charge is 2.21. The lowest BCUT2D eigenvalue weighted by Crippen LogP contribution is -2.36. The summed E-state index contributed by atoms with van der Waals surface area (Å²) in [5.41, 5.74) is 4.26. The van der Waals surface area contributed by atoms with Gasteiger partial charge < -0.3 is 15.5 Å². The Morgan fingerprint density at radius 2 is 1.90 bits per heavy atom. The smallest absolute Gasteiger partial charge is 0.227 e. The number of hydrogen-bond donors (Lipinski definition) is 2. The van der Waals surface area contributed by atoms with Gasteiger partial charge in [-0.25, -0.2) is 4.99 Å². The van der Waals surface area contributed by atoms with Crippen LogP contribution in [-0.4, -0.2) is 29.9 Å². The summed E-state index contributed by atoms with van der Waals surface area (Å²) in [7, 11) is 0. The molecule has 0 aliphatic carbocycles. The van der Waals surface area contributed by atoms with Crippen molar-refractivity contribution < 1.29 is 4.79 Å². The van der Waals surface area contributed by atoms with Crippen LogP contribution in [0.15, 0.2) is 65.8 Å². The predicted molar refractivity (Wildman–Crippen MR) is 137 cm³/mol. The van der Waals surface area contributed by atoms with Crippen molar-refractivity contribution in [3.05, 3.63) is 71.9 Å². The number of fused-ring (bicyclic) bond motifs is 1. The minimum Gasteiger partial charge on any atom is -0.357 e. The minimum absolute atomic E-state index is 0. The molecule has 2 N–H and O–H groups in total. The molecule has 4 rings (SSSR count). The second-order valence-corrected chi connectivity index (χ2v) is 7.35. The number of nitrogens with one attached hydrogen (secondary N) is 2. The first-order valence-corrected chi connectivity index (χ1v) is 10.5. The average molecular weight is 529 g/mol. The molecule has 1 fully saturated rings. The number of carbonyl (C=O) groups is 1. The molecule has 0 saturated carbocycles. The van der Waals surface area contributed by atoms with Crippen LogP contribution in [-0.2, 0) is 17.9 Å². The van der Waals surface area contributed by atoms with E-state index in [0.717, 1.165) is 47.6 Å². The van der Waals surface area contributed by atoms with Gasteiger partial charge in [0.15, 0.2) is 5.96 Å². The van der Waals surface area contributed by atoms with Gasteiger partial charge in [-0.1, -0.05) is 30.3 Å². The molecule has 0 spiro atoms. The summed E-state index contributed by atoms with van der Waals surface area (Å²) in [6, 6.07) is 18.3. The Bertz CT molecular complexity index is 1050.